The van der Waals surface area contributed by atoms with Gasteiger partial charge in [0.25, 0.3) is 0 Å². The SMILES string of the molecule is CC(C)(CCCO)CCN(CCC(C)(C)CCCO)C(N)=S. The van der Waals surface area contributed by atoms with Gasteiger partial charge in [0.1, 0.15) is 0 Å². The average molecular weight is 333 g/mol. The predicted molar refractivity (Wildman–Crippen MR) is 97.8 cm³/mol. The second-order valence-electron chi connectivity index (χ2n) is 7.81. The van der Waals surface area contributed by atoms with Gasteiger partial charge in [0.2, 0.25) is 0 Å². The van der Waals surface area contributed by atoms with Crippen LogP contribution in [-0.2, 0) is 0 Å². The minimum atomic E-state index is 0.193. The Balaban J connectivity index is 4.35. The molecule has 0 fully saturated rings. The Morgan fingerprint density at radius 1 is 0.864 bits per heavy atom. The van der Waals surface area contributed by atoms with Crippen LogP contribution in [0, 0.1) is 10.8 Å². The maximum atomic E-state index is 8.97. The molecule has 0 radical (unpaired) electrons. The van der Waals surface area contributed by atoms with Crippen molar-refractivity contribution in [2.24, 2.45) is 16.6 Å². The van der Waals surface area contributed by atoms with E-state index in [2.05, 4.69) is 32.6 Å². The first-order valence-electron chi connectivity index (χ1n) is 8.40. The van der Waals surface area contributed by atoms with E-state index < -0.39 is 0 Å². The van der Waals surface area contributed by atoms with Gasteiger partial charge in [-0.1, -0.05) is 27.7 Å². The summed E-state index contributed by atoms with van der Waals surface area (Å²) < 4.78 is 0. The van der Waals surface area contributed by atoms with Crippen molar-refractivity contribution in [3.05, 3.63) is 0 Å². The van der Waals surface area contributed by atoms with Gasteiger partial charge in [-0.2, -0.15) is 0 Å². The molecule has 0 bridgehead atoms. The van der Waals surface area contributed by atoms with Crippen LogP contribution in [0.4, 0.5) is 0 Å². The number of rotatable bonds is 12. The van der Waals surface area contributed by atoms with Gasteiger partial charge in [0, 0.05) is 26.3 Å². The van der Waals surface area contributed by atoms with E-state index in [1.165, 1.54) is 0 Å². The van der Waals surface area contributed by atoms with Crippen LogP contribution in [-0.4, -0.2) is 46.5 Å². The highest BCUT2D eigenvalue weighted by Gasteiger charge is 2.22. The molecule has 0 spiro atoms. The summed E-state index contributed by atoms with van der Waals surface area (Å²) in [4.78, 5) is 2.09. The zero-order valence-corrected chi connectivity index (χ0v) is 15.7. The molecule has 4 N–H and O–H groups in total. The zero-order valence-electron chi connectivity index (χ0n) is 14.9. The number of nitrogens with zero attached hydrogens (tertiary/aromatic N) is 1. The van der Waals surface area contributed by atoms with Crippen molar-refractivity contribution in [3.63, 3.8) is 0 Å². The molecule has 0 aromatic heterocycles. The van der Waals surface area contributed by atoms with E-state index in [9.17, 15) is 0 Å². The summed E-state index contributed by atoms with van der Waals surface area (Å²) >= 11 is 5.19. The first-order chi connectivity index (χ1) is 10.1. The highest BCUT2D eigenvalue weighted by atomic mass is 32.1. The molecular weight excluding hydrogens is 296 g/mol. The van der Waals surface area contributed by atoms with Crippen molar-refractivity contribution in [1.82, 2.24) is 4.90 Å². The molecule has 0 aliphatic carbocycles. The van der Waals surface area contributed by atoms with Crippen LogP contribution >= 0.6 is 12.2 Å². The summed E-state index contributed by atoms with van der Waals surface area (Å²) in [5.41, 5.74) is 6.26. The zero-order chi connectivity index (χ0) is 17.2. The Kier molecular flexibility index (Phi) is 10.2. The quantitative estimate of drug-likeness (QED) is 0.479. The summed E-state index contributed by atoms with van der Waals surface area (Å²) in [6.45, 7) is 11.1. The summed E-state index contributed by atoms with van der Waals surface area (Å²) in [5, 5.41) is 18.4. The molecule has 5 heteroatoms. The lowest BCUT2D eigenvalue weighted by Crippen LogP contribution is -2.39. The van der Waals surface area contributed by atoms with Crippen molar-refractivity contribution in [3.8, 4) is 0 Å². The maximum absolute atomic E-state index is 8.97. The number of aliphatic hydroxyl groups is 2. The number of hydrogen-bond acceptors (Lipinski definition) is 3. The molecule has 0 unspecified atom stereocenters. The third-order valence-corrected chi connectivity index (χ3v) is 4.71. The fraction of sp³-hybridized carbons (Fsp3) is 0.941. The normalized spacial score (nSPS) is 12.5. The topological polar surface area (TPSA) is 69.7 Å². The van der Waals surface area contributed by atoms with E-state index in [1.54, 1.807) is 0 Å². The largest absolute Gasteiger partial charge is 0.396 e. The fourth-order valence-electron chi connectivity index (χ4n) is 2.57. The molecule has 0 aromatic rings. The number of aliphatic hydroxyl groups excluding tert-OH is 2. The average Bonchev–Trinajstić information content (AvgIpc) is 2.42. The van der Waals surface area contributed by atoms with E-state index in [4.69, 9.17) is 28.2 Å². The summed E-state index contributed by atoms with van der Waals surface area (Å²) in [5.74, 6) is 0. The van der Waals surface area contributed by atoms with E-state index >= 15 is 0 Å². The molecule has 0 heterocycles. The van der Waals surface area contributed by atoms with E-state index in [0.29, 0.717) is 5.11 Å². The second kappa shape index (κ2) is 10.4. The van der Waals surface area contributed by atoms with Gasteiger partial charge in [-0.05, 0) is 61.6 Å². The van der Waals surface area contributed by atoms with Gasteiger partial charge in [0.15, 0.2) is 5.11 Å². The van der Waals surface area contributed by atoms with Crippen molar-refractivity contribution in [2.75, 3.05) is 26.3 Å². The Morgan fingerprint density at radius 3 is 1.50 bits per heavy atom. The van der Waals surface area contributed by atoms with Crippen LogP contribution in [0.3, 0.4) is 0 Å². The molecule has 0 amide bonds. The highest BCUT2D eigenvalue weighted by Crippen LogP contribution is 2.29. The van der Waals surface area contributed by atoms with Gasteiger partial charge in [-0.3, -0.25) is 0 Å². The standard InChI is InChI=1S/C17H36N2O2S/c1-16(2,7-5-13-20)9-11-19(15(18)22)12-10-17(3,4)8-6-14-21/h20-21H,5-14H2,1-4H3,(H2,18,22). The molecule has 0 aliphatic heterocycles. The molecule has 0 aliphatic rings. The summed E-state index contributed by atoms with van der Waals surface area (Å²) in [6.07, 6.45) is 5.73. The monoisotopic (exact) mass is 332 g/mol. The number of nitrogens with two attached hydrogens (primary N) is 1. The number of thiocarbonyl (C=S) groups is 1. The minimum absolute atomic E-state index is 0.193. The van der Waals surface area contributed by atoms with Crippen molar-refractivity contribution in [1.29, 1.82) is 0 Å². The van der Waals surface area contributed by atoms with E-state index in [0.717, 1.165) is 51.6 Å². The highest BCUT2D eigenvalue weighted by molar-refractivity contribution is 7.80. The van der Waals surface area contributed by atoms with Crippen LogP contribution in [0.5, 0.6) is 0 Å². The Bertz CT molecular complexity index is 296. The van der Waals surface area contributed by atoms with Crippen LogP contribution in [0.25, 0.3) is 0 Å². The van der Waals surface area contributed by atoms with Crippen LogP contribution in [0.15, 0.2) is 0 Å². The van der Waals surface area contributed by atoms with Gasteiger partial charge in [0.05, 0.1) is 0 Å². The summed E-state index contributed by atoms with van der Waals surface area (Å²) in [6, 6.07) is 0. The molecule has 4 nitrogen and oxygen atoms in total. The van der Waals surface area contributed by atoms with Crippen LogP contribution in [0.1, 0.15) is 66.2 Å². The second-order valence-corrected chi connectivity index (χ2v) is 8.23. The number of hydrogen-bond donors (Lipinski definition) is 3. The molecule has 0 atom stereocenters. The molecular formula is C17H36N2O2S. The smallest absolute Gasteiger partial charge is 0.166 e. The molecule has 0 saturated carbocycles. The lowest BCUT2D eigenvalue weighted by molar-refractivity contribution is 0.200. The van der Waals surface area contributed by atoms with Crippen molar-refractivity contribution >= 4 is 17.3 Å². The lowest BCUT2D eigenvalue weighted by atomic mass is 9.83. The lowest BCUT2D eigenvalue weighted by Gasteiger charge is -2.32. The Labute approximate surface area is 142 Å². The predicted octanol–water partition coefficient (Wildman–Crippen LogP) is 2.91. The molecule has 0 aromatic carbocycles. The molecule has 132 valence electrons. The Hall–Kier alpha value is -0.390. The van der Waals surface area contributed by atoms with Gasteiger partial charge >= 0.3 is 0 Å². The first kappa shape index (κ1) is 21.6. The van der Waals surface area contributed by atoms with E-state index in [1.807, 2.05) is 0 Å². The van der Waals surface area contributed by atoms with E-state index in [-0.39, 0.29) is 24.0 Å². The third-order valence-electron chi connectivity index (χ3n) is 4.45. The van der Waals surface area contributed by atoms with Crippen molar-refractivity contribution in [2.45, 2.75) is 66.2 Å². The summed E-state index contributed by atoms with van der Waals surface area (Å²) in [7, 11) is 0. The van der Waals surface area contributed by atoms with Gasteiger partial charge < -0.3 is 20.8 Å². The Morgan fingerprint density at radius 2 is 1.23 bits per heavy atom. The molecule has 0 rings (SSSR count). The maximum Gasteiger partial charge on any atom is 0.166 e. The molecule has 22 heavy (non-hydrogen) atoms. The third kappa shape index (κ3) is 10.4. The van der Waals surface area contributed by atoms with Crippen LogP contribution < -0.4 is 5.73 Å². The minimum Gasteiger partial charge on any atom is -0.396 e. The molecule has 0 saturated heterocycles. The fourth-order valence-corrected chi connectivity index (χ4v) is 2.76. The van der Waals surface area contributed by atoms with Crippen LogP contribution in [0.2, 0.25) is 0 Å². The first-order valence-corrected chi connectivity index (χ1v) is 8.80. The van der Waals surface area contributed by atoms with Crippen molar-refractivity contribution < 1.29 is 10.2 Å². The van der Waals surface area contributed by atoms with Gasteiger partial charge in [-0.15, -0.1) is 0 Å². The van der Waals surface area contributed by atoms with Gasteiger partial charge in [-0.25, -0.2) is 0 Å².